The Hall–Kier alpha value is -2.55. The summed E-state index contributed by atoms with van der Waals surface area (Å²) < 4.78 is 11.2. The van der Waals surface area contributed by atoms with E-state index in [4.69, 9.17) is 44.3 Å². The number of benzene rings is 4. The normalized spacial score (nSPS) is 20.5. The first-order chi connectivity index (χ1) is 20.7. The maximum absolute atomic E-state index is 12.1. The highest BCUT2D eigenvalue weighted by Crippen LogP contribution is 2.43. The van der Waals surface area contributed by atoms with Crippen LogP contribution in [-0.2, 0) is 27.4 Å². The first-order valence-electron chi connectivity index (χ1n) is 13.9. The smallest absolute Gasteiger partial charge is 0.272 e. The standard InChI is InChI=1S/C34H32Cl3NO4S/c1-22-30(21-43-28-8-3-2-4-9-28)41-32(42-31(22)25-13-11-23(20-39)12-14-25)26-17-15-24(16-18-26)29-10-6-5-7-27(29)19-38-33(40)34(35,36)37/h2-18,22,30-32,39H,19-21H2,1H3,(H,38,40). The zero-order chi connectivity index (χ0) is 30.4. The van der Waals surface area contributed by atoms with E-state index in [0.29, 0.717) is 0 Å². The van der Waals surface area contributed by atoms with Crippen LogP contribution in [0.25, 0.3) is 11.1 Å². The number of thioether (sulfide) groups is 1. The fourth-order valence-corrected chi connectivity index (χ4v) is 6.35. The van der Waals surface area contributed by atoms with Crippen molar-refractivity contribution in [3.63, 3.8) is 0 Å². The first kappa shape index (κ1) is 31.9. The number of hydrogen-bond acceptors (Lipinski definition) is 5. The average molecular weight is 657 g/mol. The Bertz CT molecular complexity index is 1500. The van der Waals surface area contributed by atoms with Gasteiger partial charge >= 0.3 is 0 Å². The van der Waals surface area contributed by atoms with Crippen molar-refractivity contribution >= 4 is 52.5 Å². The Morgan fingerprint density at radius 3 is 2.19 bits per heavy atom. The minimum absolute atomic E-state index is 0.00180. The van der Waals surface area contributed by atoms with Gasteiger partial charge in [-0.25, -0.2) is 0 Å². The summed E-state index contributed by atoms with van der Waals surface area (Å²) in [5.74, 6) is 0.201. The van der Waals surface area contributed by atoms with Crippen molar-refractivity contribution in [1.82, 2.24) is 5.32 Å². The van der Waals surface area contributed by atoms with Gasteiger partial charge in [-0.3, -0.25) is 4.79 Å². The average Bonchev–Trinajstić information content (AvgIpc) is 3.03. The van der Waals surface area contributed by atoms with Crippen LogP contribution in [-0.4, -0.2) is 26.7 Å². The molecule has 1 saturated heterocycles. The molecule has 1 amide bonds. The molecule has 1 aliphatic rings. The highest BCUT2D eigenvalue weighted by atomic mass is 35.6. The molecule has 43 heavy (non-hydrogen) atoms. The molecule has 4 unspecified atom stereocenters. The Morgan fingerprint density at radius 2 is 1.51 bits per heavy atom. The molecule has 0 aromatic heterocycles. The molecule has 224 valence electrons. The lowest BCUT2D eigenvalue weighted by Gasteiger charge is -2.41. The maximum Gasteiger partial charge on any atom is 0.272 e. The van der Waals surface area contributed by atoms with Gasteiger partial charge in [0, 0.05) is 28.7 Å². The fraction of sp³-hybridized carbons (Fsp3) is 0.265. The van der Waals surface area contributed by atoms with Gasteiger partial charge in [-0.15, -0.1) is 11.8 Å². The van der Waals surface area contributed by atoms with Crippen LogP contribution in [0.15, 0.2) is 108 Å². The lowest BCUT2D eigenvalue weighted by molar-refractivity contribution is -0.268. The molecular formula is C34H32Cl3NO4S. The van der Waals surface area contributed by atoms with Crippen LogP contribution in [0.4, 0.5) is 0 Å². The van der Waals surface area contributed by atoms with Gasteiger partial charge in [0.05, 0.1) is 18.8 Å². The van der Waals surface area contributed by atoms with Crippen molar-refractivity contribution in [2.24, 2.45) is 5.92 Å². The molecule has 4 aromatic carbocycles. The highest BCUT2D eigenvalue weighted by Gasteiger charge is 2.38. The van der Waals surface area contributed by atoms with Crippen LogP contribution in [0.1, 0.15) is 41.6 Å². The van der Waals surface area contributed by atoms with Crippen LogP contribution >= 0.6 is 46.6 Å². The second kappa shape index (κ2) is 14.5. The monoisotopic (exact) mass is 655 g/mol. The van der Waals surface area contributed by atoms with Gasteiger partial charge in [0.2, 0.25) is 0 Å². The van der Waals surface area contributed by atoms with E-state index in [2.05, 4.69) is 24.4 Å². The third-order valence-corrected chi connectivity index (χ3v) is 9.10. The van der Waals surface area contributed by atoms with Crippen LogP contribution in [0.3, 0.4) is 0 Å². The summed E-state index contributed by atoms with van der Waals surface area (Å²) in [4.78, 5) is 13.3. The number of rotatable bonds is 9. The maximum atomic E-state index is 12.1. The molecule has 4 atom stereocenters. The van der Waals surface area contributed by atoms with E-state index in [0.717, 1.165) is 39.1 Å². The summed E-state index contributed by atoms with van der Waals surface area (Å²) in [7, 11) is 0. The van der Waals surface area contributed by atoms with Crippen molar-refractivity contribution in [3.8, 4) is 11.1 Å². The number of ether oxygens (including phenoxy) is 2. The molecule has 5 nitrogen and oxygen atoms in total. The molecule has 1 heterocycles. The summed E-state index contributed by atoms with van der Waals surface area (Å²) in [6, 6.07) is 34.1. The van der Waals surface area contributed by atoms with E-state index in [1.165, 1.54) is 4.90 Å². The molecule has 0 aliphatic carbocycles. The number of alkyl halides is 3. The van der Waals surface area contributed by atoms with Crippen molar-refractivity contribution in [3.05, 3.63) is 125 Å². The van der Waals surface area contributed by atoms with E-state index in [9.17, 15) is 9.90 Å². The van der Waals surface area contributed by atoms with Gasteiger partial charge in [0.25, 0.3) is 9.70 Å². The first-order valence-corrected chi connectivity index (χ1v) is 16.1. The predicted molar refractivity (Wildman–Crippen MR) is 174 cm³/mol. The molecule has 4 aromatic rings. The van der Waals surface area contributed by atoms with E-state index in [1.807, 2.05) is 91.0 Å². The van der Waals surface area contributed by atoms with Gasteiger partial charge < -0.3 is 19.9 Å². The summed E-state index contributed by atoms with van der Waals surface area (Å²) in [5.41, 5.74) is 5.63. The summed E-state index contributed by atoms with van der Waals surface area (Å²) in [6.45, 7) is 2.38. The number of hydrogen-bond donors (Lipinski definition) is 2. The SMILES string of the molecule is CC1C(CSc2ccccc2)OC(c2ccc(-c3ccccc3CNC(=O)C(Cl)(Cl)Cl)cc2)OC1c1ccc(CO)cc1. The summed E-state index contributed by atoms with van der Waals surface area (Å²) in [5, 5.41) is 12.2. The van der Waals surface area contributed by atoms with Gasteiger partial charge in [-0.1, -0.05) is 133 Å². The number of aliphatic hydroxyl groups is 1. The van der Waals surface area contributed by atoms with Crippen molar-refractivity contribution < 1.29 is 19.4 Å². The van der Waals surface area contributed by atoms with E-state index < -0.39 is 16.0 Å². The molecule has 1 fully saturated rings. The number of carbonyl (C=O) groups is 1. The van der Waals surface area contributed by atoms with E-state index >= 15 is 0 Å². The number of carbonyl (C=O) groups excluding carboxylic acids is 1. The van der Waals surface area contributed by atoms with Crippen molar-refractivity contribution in [1.29, 1.82) is 0 Å². The predicted octanol–water partition coefficient (Wildman–Crippen LogP) is 8.42. The molecule has 0 bridgehead atoms. The Kier molecular flexibility index (Phi) is 10.7. The summed E-state index contributed by atoms with van der Waals surface area (Å²) in [6.07, 6.45) is -0.809. The molecule has 0 saturated carbocycles. The molecular weight excluding hydrogens is 625 g/mol. The number of nitrogens with one attached hydrogen (secondary N) is 1. The third kappa shape index (κ3) is 8.14. The van der Waals surface area contributed by atoms with Gasteiger partial charge in [0.15, 0.2) is 6.29 Å². The van der Waals surface area contributed by atoms with Gasteiger partial charge in [-0.05, 0) is 39.9 Å². The third-order valence-electron chi connectivity index (χ3n) is 7.49. The number of aliphatic hydroxyl groups excluding tert-OH is 1. The van der Waals surface area contributed by atoms with E-state index in [-0.39, 0.29) is 31.3 Å². The quantitative estimate of drug-likeness (QED) is 0.140. The minimum Gasteiger partial charge on any atom is -0.392 e. The lowest BCUT2D eigenvalue weighted by atomic mass is 9.91. The molecule has 9 heteroatoms. The van der Waals surface area contributed by atoms with Crippen LogP contribution < -0.4 is 5.32 Å². The zero-order valence-corrected chi connectivity index (χ0v) is 26.5. The molecule has 5 rings (SSSR count). The summed E-state index contributed by atoms with van der Waals surface area (Å²) >= 11 is 18.9. The second-order valence-corrected chi connectivity index (χ2v) is 13.8. The fourth-order valence-electron chi connectivity index (χ4n) is 5.06. The van der Waals surface area contributed by atoms with Gasteiger partial charge in [-0.2, -0.15) is 0 Å². The lowest BCUT2D eigenvalue weighted by Crippen LogP contribution is -2.38. The van der Waals surface area contributed by atoms with Gasteiger partial charge in [0.1, 0.15) is 0 Å². The zero-order valence-electron chi connectivity index (χ0n) is 23.5. The highest BCUT2D eigenvalue weighted by molar-refractivity contribution is 7.99. The Balaban J connectivity index is 1.37. The Morgan fingerprint density at radius 1 is 0.860 bits per heavy atom. The van der Waals surface area contributed by atoms with Crippen LogP contribution in [0, 0.1) is 5.92 Å². The second-order valence-electron chi connectivity index (χ2n) is 10.4. The van der Waals surface area contributed by atoms with Crippen molar-refractivity contribution in [2.45, 2.75) is 47.3 Å². The molecule has 1 aliphatic heterocycles. The number of halogens is 3. The van der Waals surface area contributed by atoms with E-state index in [1.54, 1.807) is 11.8 Å². The van der Waals surface area contributed by atoms with Crippen molar-refractivity contribution in [2.75, 3.05) is 5.75 Å². The topological polar surface area (TPSA) is 67.8 Å². The van der Waals surface area contributed by atoms with Crippen LogP contribution in [0.2, 0.25) is 0 Å². The minimum atomic E-state index is -2.02. The molecule has 0 spiro atoms. The molecule has 0 radical (unpaired) electrons. The Labute approximate surface area is 271 Å². The molecule has 2 N–H and O–H groups in total. The largest absolute Gasteiger partial charge is 0.392 e. The number of amides is 1. The van der Waals surface area contributed by atoms with Crippen LogP contribution in [0.5, 0.6) is 0 Å².